The maximum absolute atomic E-state index is 12.1. The minimum absolute atomic E-state index is 0.0236. The molecule has 1 aliphatic rings. The second kappa shape index (κ2) is 4.99. The molecular weight excluding hydrogens is 210 g/mol. The van der Waals surface area contributed by atoms with E-state index < -0.39 is 0 Å². The molecule has 1 atom stereocenters. The number of hydrogen-bond acceptors (Lipinski definition) is 1. The molecule has 0 spiro atoms. The quantitative estimate of drug-likeness (QED) is 0.798. The highest BCUT2D eigenvalue weighted by Gasteiger charge is 2.36. The zero-order valence-electron chi connectivity index (χ0n) is 12.4. The Morgan fingerprint density at radius 1 is 1.00 bits per heavy atom. The van der Waals surface area contributed by atoms with Crippen LogP contribution < -0.4 is 5.32 Å². The van der Waals surface area contributed by atoms with E-state index in [-0.39, 0.29) is 17.4 Å². The lowest BCUT2D eigenvalue weighted by molar-refractivity contribution is -0.128. The van der Waals surface area contributed by atoms with Crippen molar-refractivity contribution in [1.29, 1.82) is 0 Å². The van der Waals surface area contributed by atoms with Crippen LogP contribution in [-0.2, 0) is 4.79 Å². The molecule has 2 nitrogen and oxygen atoms in total. The van der Waals surface area contributed by atoms with Gasteiger partial charge in [0.1, 0.15) is 0 Å². The Balaban J connectivity index is 2.54. The van der Waals surface area contributed by atoms with Crippen molar-refractivity contribution < 1.29 is 4.79 Å². The van der Waals surface area contributed by atoms with Gasteiger partial charge in [-0.1, -0.05) is 34.6 Å². The van der Waals surface area contributed by atoms with Crippen molar-refractivity contribution in [3.63, 3.8) is 0 Å². The monoisotopic (exact) mass is 239 g/mol. The van der Waals surface area contributed by atoms with Crippen molar-refractivity contribution in [3.05, 3.63) is 0 Å². The summed E-state index contributed by atoms with van der Waals surface area (Å²) < 4.78 is 0. The summed E-state index contributed by atoms with van der Waals surface area (Å²) >= 11 is 0. The van der Waals surface area contributed by atoms with Gasteiger partial charge in [-0.25, -0.2) is 0 Å². The van der Waals surface area contributed by atoms with Gasteiger partial charge in [0.05, 0.1) is 0 Å². The molecule has 1 saturated carbocycles. The first kappa shape index (κ1) is 14.5. The van der Waals surface area contributed by atoms with E-state index in [1.807, 2.05) is 6.92 Å². The predicted molar refractivity (Wildman–Crippen MR) is 72.8 cm³/mol. The Bertz CT molecular complexity index is 271. The average molecular weight is 239 g/mol. The van der Waals surface area contributed by atoms with E-state index in [1.165, 1.54) is 12.8 Å². The molecule has 0 heterocycles. The molecule has 0 unspecified atom stereocenters. The lowest BCUT2D eigenvalue weighted by Gasteiger charge is -2.42. The third-order valence-electron chi connectivity index (χ3n) is 4.55. The van der Waals surface area contributed by atoms with Gasteiger partial charge >= 0.3 is 0 Å². The number of amides is 1. The molecule has 100 valence electrons. The van der Waals surface area contributed by atoms with Crippen LogP contribution in [0.1, 0.15) is 67.2 Å². The van der Waals surface area contributed by atoms with E-state index in [1.54, 1.807) is 0 Å². The van der Waals surface area contributed by atoms with Gasteiger partial charge in [0.15, 0.2) is 0 Å². The Labute approximate surface area is 107 Å². The zero-order valence-corrected chi connectivity index (χ0v) is 12.4. The molecular formula is C15H29NO. The first-order valence-electron chi connectivity index (χ1n) is 6.97. The molecule has 1 N–H and O–H groups in total. The summed E-state index contributed by atoms with van der Waals surface area (Å²) in [6.45, 7) is 13.1. The van der Waals surface area contributed by atoms with Crippen molar-refractivity contribution in [3.8, 4) is 0 Å². The van der Waals surface area contributed by atoms with E-state index in [9.17, 15) is 4.79 Å². The summed E-state index contributed by atoms with van der Waals surface area (Å²) in [5.41, 5.74) is 0.476. The smallest absolute Gasteiger partial charge is 0.223 e. The average Bonchev–Trinajstić information content (AvgIpc) is 2.22. The normalized spacial score (nSPS) is 24.4. The standard InChI is InChI=1S/C15H29NO/c1-11(2)12(3)13(17)16-15(6)9-7-14(4,5)8-10-15/h11-12H,7-10H2,1-6H3,(H,16,17)/t12-/m1/s1. The van der Waals surface area contributed by atoms with Crippen LogP contribution in [-0.4, -0.2) is 11.4 Å². The predicted octanol–water partition coefficient (Wildman–Crippen LogP) is 3.75. The van der Waals surface area contributed by atoms with Gasteiger partial charge in [0, 0.05) is 11.5 Å². The van der Waals surface area contributed by atoms with Crippen molar-refractivity contribution in [2.75, 3.05) is 0 Å². The summed E-state index contributed by atoms with van der Waals surface area (Å²) in [4.78, 5) is 12.1. The highest BCUT2D eigenvalue weighted by Crippen LogP contribution is 2.40. The van der Waals surface area contributed by atoms with E-state index in [0.717, 1.165) is 12.8 Å². The maximum atomic E-state index is 12.1. The Hall–Kier alpha value is -0.530. The van der Waals surface area contributed by atoms with Gasteiger partial charge in [0.25, 0.3) is 0 Å². The molecule has 0 saturated heterocycles. The third-order valence-corrected chi connectivity index (χ3v) is 4.55. The largest absolute Gasteiger partial charge is 0.351 e. The van der Waals surface area contributed by atoms with Crippen LogP contribution in [0.15, 0.2) is 0 Å². The second-order valence-corrected chi connectivity index (χ2v) is 7.25. The fourth-order valence-electron chi connectivity index (χ4n) is 2.32. The van der Waals surface area contributed by atoms with Crippen LogP contribution in [0.5, 0.6) is 0 Å². The van der Waals surface area contributed by atoms with Crippen LogP contribution in [0.3, 0.4) is 0 Å². The van der Waals surface area contributed by atoms with Gasteiger partial charge < -0.3 is 5.32 Å². The van der Waals surface area contributed by atoms with Gasteiger partial charge in [-0.15, -0.1) is 0 Å². The van der Waals surface area contributed by atoms with Gasteiger partial charge in [0.2, 0.25) is 5.91 Å². The highest BCUT2D eigenvalue weighted by atomic mass is 16.2. The Morgan fingerprint density at radius 2 is 1.47 bits per heavy atom. The number of rotatable bonds is 3. The van der Waals surface area contributed by atoms with Gasteiger partial charge in [-0.2, -0.15) is 0 Å². The minimum Gasteiger partial charge on any atom is -0.351 e. The fourth-order valence-corrected chi connectivity index (χ4v) is 2.32. The first-order chi connectivity index (χ1) is 7.65. The second-order valence-electron chi connectivity index (χ2n) is 7.25. The van der Waals surface area contributed by atoms with E-state index in [2.05, 4.69) is 39.9 Å². The van der Waals surface area contributed by atoms with Crippen molar-refractivity contribution in [2.24, 2.45) is 17.3 Å². The molecule has 17 heavy (non-hydrogen) atoms. The van der Waals surface area contributed by atoms with Crippen LogP contribution in [0.2, 0.25) is 0 Å². The zero-order chi connectivity index (χ0) is 13.3. The molecule has 2 heteroatoms. The van der Waals surface area contributed by atoms with Gasteiger partial charge in [-0.05, 0) is 43.9 Å². The molecule has 0 aromatic carbocycles. The summed E-state index contributed by atoms with van der Waals surface area (Å²) in [7, 11) is 0. The van der Waals surface area contributed by atoms with Crippen LogP contribution in [0, 0.1) is 17.3 Å². The molecule has 0 bridgehead atoms. The molecule has 1 fully saturated rings. The fraction of sp³-hybridized carbons (Fsp3) is 0.933. The minimum atomic E-state index is 0.0236. The van der Waals surface area contributed by atoms with Crippen LogP contribution in [0.25, 0.3) is 0 Å². The van der Waals surface area contributed by atoms with E-state index in [4.69, 9.17) is 0 Å². The summed E-state index contributed by atoms with van der Waals surface area (Å²) in [5.74, 6) is 0.752. The van der Waals surface area contributed by atoms with Crippen LogP contribution in [0.4, 0.5) is 0 Å². The van der Waals surface area contributed by atoms with Gasteiger partial charge in [-0.3, -0.25) is 4.79 Å². The third kappa shape index (κ3) is 4.01. The first-order valence-corrected chi connectivity index (χ1v) is 6.97. The molecule has 1 amide bonds. The Morgan fingerprint density at radius 3 is 1.88 bits per heavy atom. The summed E-state index contributed by atoms with van der Waals surface area (Å²) in [6, 6.07) is 0. The topological polar surface area (TPSA) is 29.1 Å². The van der Waals surface area contributed by atoms with Crippen LogP contribution >= 0.6 is 0 Å². The molecule has 0 aromatic rings. The van der Waals surface area contributed by atoms with Crippen molar-refractivity contribution in [2.45, 2.75) is 72.8 Å². The number of carbonyl (C=O) groups excluding carboxylic acids is 1. The van der Waals surface area contributed by atoms with Crippen molar-refractivity contribution in [1.82, 2.24) is 5.32 Å². The highest BCUT2D eigenvalue weighted by molar-refractivity contribution is 5.79. The summed E-state index contributed by atoms with van der Waals surface area (Å²) in [5, 5.41) is 3.28. The maximum Gasteiger partial charge on any atom is 0.223 e. The molecule has 1 rings (SSSR count). The molecule has 0 aromatic heterocycles. The number of hydrogen-bond donors (Lipinski definition) is 1. The summed E-state index contributed by atoms with van der Waals surface area (Å²) in [6.07, 6.45) is 4.63. The van der Waals surface area contributed by atoms with E-state index in [0.29, 0.717) is 11.3 Å². The van der Waals surface area contributed by atoms with Crippen molar-refractivity contribution >= 4 is 5.91 Å². The number of carbonyl (C=O) groups is 1. The van der Waals surface area contributed by atoms with E-state index >= 15 is 0 Å². The number of nitrogens with one attached hydrogen (secondary N) is 1. The molecule has 0 radical (unpaired) electrons. The Kier molecular flexibility index (Phi) is 4.27. The lowest BCUT2D eigenvalue weighted by atomic mass is 9.70. The SMILES string of the molecule is CC(C)[C@@H](C)C(=O)NC1(C)CCC(C)(C)CC1. The molecule has 0 aliphatic heterocycles. The lowest BCUT2D eigenvalue weighted by Crippen LogP contribution is -2.51. The molecule has 1 aliphatic carbocycles.